The van der Waals surface area contributed by atoms with Crippen LogP contribution in [0.3, 0.4) is 0 Å². The highest BCUT2D eigenvalue weighted by Gasteiger charge is 2.26. The number of anilines is 1. The van der Waals surface area contributed by atoms with Crippen LogP contribution in [0.1, 0.15) is 24.0 Å². The number of aryl methyl sites for hydroxylation is 1. The Hall–Kier alpha value is -3.65. The predicted molar refractivity (Wildman–Crippen MR) is 99.5 cm³/mol. The Morgan fingerprint density at radius 3 is 2.59 bits per heavy atom. The summed E-state index contributed by atoms with van der Waals surface area (Å²) in [6, 6.07) is 7.17. The van der Waals surface area contributed by atoms with Crippen molar-refractivity contribution in [3.63, 3.8) is 0 Å². The first-order valence-electron chi connectivity index (χ1n) is 8.54. The zero-order chi connectivity index (χ0) is 19.6. The Kier molecular flexibility index (Phi) is 4.91. The van der Waals surface area contributed by atoms with Crippen LogP contribution in [0.15, 0.2) is 28.7 Å². The monoisotopic (exact) mass is 362 g/mol. The minimum atomic E-state index is -0.348. The van der Waals surface area contributed by atoms with E-state index in [0.717, 1.165) is 5.56 Å². The molecule has 0 aliphatic carbocycles. The maximum absolute atomic E-state index is 13.0. The standard InChI is InChI=1S/C19H18N6O2/c1-12-3-2-6-25-17(12)23-18(15(19(25)27)9-13(10-20)11-21)24-7-4-14(5-8-24)16(22)26/h2-3,6,9,14H,4-5,7-8H2,1H3,(H2,22,26). The number of nitrogens with two attached hydrogens (primary N) is 1. The van der Waals surface area contributed by atoms with E-state index in [1.807, 2.05) is 17.9 Å². The molecule has 8 nitrogen and oxygen atoms in total. The first-order chi connectivity index (χ1) is 13.0. The molecular formula is C19H18N6O2. The Morgan fingerprint density at radius 2 is 2.00 bits per heavy atom. The van der Waals surface area contributed by atoms with Gasteiger partial charge in [-0.15, -0.1) is 0 Å². The van der Waals surface area contributed by atoms with E-state index < -0.39 is 0 Å². The molecule has 0 spiro atoms. The summed E-state index contributed by atoms with van der Waals surface area (Å²) in [6.07, 6.45) is 4.02. The molecule has 2 N–H and O–H groups in total. The van der Waals surface area contributed by atoms with Crippen LogP contribution in [0.2, 0.25) is 0 Å². The van der Waals surface area contributed by atoms with Crippen molar-refractivity contribution >= 4 is 23.4 Å². The van der Waals surface area contributed by atoms with Crippen LogP contribution in [0, 0.1) is 35.5 Å². The van der Waals surface area contributed by atoms with Gasteiger partial charge in [-0.05, 0) is 37.5 Å². The van der Waals surface area contributed by atoms with Gasteiger partial charge in [0.2, 0.25) is 5.91 Å². The molecule has 0 saturated carbocycles. The number of allylic oxidation sites excluding steroid dienone is 1. The number of nitriles is 2. The largest absolute Gasteiger partial charge is 0.369 e. The van der Waals surface area contributed by atoms with Crippen LogP contribution in [0.25, 0.3) is 11.7 Å². The molecule has 3 heterocycles. The lowest BCUT2D eigenvalue weighted by atomic mass is 9.96. The van der Waals surface area contributed by atoms with Crippen LogP contribution in [0.4, 0.5) is 5.82 Å². The number of rotatable bonds is 3. The smallest absolute Gasteiger partial charge is 0.267 e. The fraction of sp³-hybridized carbons (Fsp3) is 0.316. The summed E-state index contributed by atoms with van der Waals surface area (Å²) in [5, 5.41) is 18.2. The average Bonchev–Trinajstić information content (AvgIpc) is 2.68. The lowest BCUT2D eigenvalue weighted by molar-refractivity contribution is -0.122. The van der Waals surface area contributed by atoms with Crippen LogP contribution in [0.5, 0.6) is 0 Å². The summed E-state index contributed by atoms with van der Waals surface area (Å²) in [5.41, 5.74) is 6.41. The van der Waals surface area contributed by atoms with Crippen molar-refractivity contribution in [1.82, 2.24) is 9.38 Å². The number of amides is 1. The molecule has 0 atom stereocenters. The molecule has 2 aromatic rings. The second-order valence-electron chi connectivity index (χ2n) is 6.48. The fourth-order valence-corrected chi connectivity index (χ4v) is 3.28. The summed E-state index contributed by atoms with van der Waals surface area (Å²) in [7, 11) is 0. The molecule has 0 unspecified atom stereocenters. The first-order valence-corrected chi connectivity index (χ1v) is 8.54. The molecule has 1 aliphatic heterocycles. The third-order valence-corrected chi connectivity index (χ3v) is 4.79. The second-order valence-corrected chi connectivity index (χ2v) is 6.48. The van der Waals surface area contributed by atoms with Gasteiger partial charge in [0.15, 0.2) is 0 Å². The molecule has 1 amide bonds. The van der Waals surface area contributed by atoms with E-state index in [1.165, 1.54) is 10.5 Å². The fourth-order valence-electron chi connectivity index (χ4n) is 3.28. The molecular weight excluding hydrogens is 344 g/mol. The van der Waals surface area contributed by atoms with E-state index in [-0.39, 0.29) is 28.5 Å². The van der Waals surface area contributed by atoms with Crippen LogP contribution in [-0.2, 0) is 4.79 Å². The lowest BCUT2D eigenvalue weighted by Crippen LogP contribution is -2.40. The van der Waals surface area contributed by atoms with Crippen molar-refractivity contribution < 1.29 is 4.79 Å². The molecule has 0 radical (unpaired) electrons. The van der Waals surface area contributed by atoms with Gasteiger partial charge in [0, 0.05) is 25.2 Å². The topological polar surface area (TPSA) is 128 Å². The molecule has 2 aromatic heterocycles. The van der Waals surface area contributed by atoms with Crippen molar-refractivity contribution in [2.45, 2.75) is 19.8 Å². The number of carbonyl (C=O) groups excluding carboxylic acids is 1. The Morgan fingerprint density at radius 1 is 1.33 bits per heavy atom. The van der Waals surface area contributed by atoms with Crippen molar-refractivity contribution in [2.24, 2.45) is 11.7 Å². The number of primary amides is 1. The molecule has 3 rings (SSSR count). The maximum atomic E-state index is 13.0. The van der Waals surface area contributed by atoms with E-state index in [9.17, 15) is 9.59 Å². The van der Waals surface area contributed by atoms with Crippen LogP contribution in [-0.4, -0.2) is 28.4 Å². The van der Waals surface area contributed by atoms with Gasteiger partial charge in [0.05, 0.1) is 5.56 Å². The number of aromatic nitrogens is 2. The zero-order valence-electron chi connectivity index (χ0n) is 14.8. The Bertz CT molecular complexity index is 1060. The number of fused-ring (bicyclic) bond motifs is 1. The summed E-state index contributed by atoms with van der Waals surface area (Å²) in [4.78, 5) is 31.0. The Balaban J connectivity index is 2.18. The van der Waals surface area contributed by atoms with Crippen molar-refractivity contribution in [3.8, 4) is 12.1 Å². The molecule has 27 heavy (non-hydrogen) atoms. The zero-order valence-corrected chi connectivity index (χ0v) is 14.8. The summed E-state index contributed by atoms with van der Waals surface area (Å²) in [5.74, 6) is -0.106. The van der Waals surface area contributed by atoms with Gasteiger partial charge >= 0.3 is 0 Å². The van der Waals surface area contributed by atoms with E-state index in [1.54, 1.807) is 24.4 Å². The van der Waals surface area contributed by atoms with Gasteiger partial charge in [-0.3, -0.25) is 14.0 Å². The van der Waals surface area contributed by atoms with Gasteiger partial charge in [-0.1, -0.05) is 6.07 Å². The highest BCUT2D eigenvalue weighted by Crippen LogP contribution is 2.25. The number of carbonyl (C=O) groups is 1. The second kappa shape index (κ2) is 7.30. The Labute approximate surface area is 155 Å². The van der Waals surface area contributed by atoms with E-state index in [2.05, 4.69) is 4.98 Å². The normalized spacial score (nSPS) is 14.4. The van der Waals surface area contributed by atoms with Crippen molar-refractivity contribution in [3.05, 3.63) is 45.4 Å². The highest BCUT2D eigenvalue weighted by atomic mass is 16.1. The van der Waals surface area contributed by atoms with E-state index in [0.29, 0.717) is 37.4 Å². The van der Waals surface area contributed by atoms with Crippen molar-refractivity contribution in [2.75, 3.05) is 18.0 Å². The number of hydrogen-bond donors (Lipinski definition) is 1. The average molecular weight is 362 g/mol. The summed E-state index contributed by atoms with van der Waals surface area (Å²) in [6.45, 7) is 2.88. The summed E-state index contributed by atoms with van der Waals surface area (Å²) < 4.78 is 1.41. The molecule has 1 fully saturated rings. The number of hydrogen-bond acceptors (Lipinski definition) is 6. The first kappa shape index (κ1) is 18.2. The SMILES string of the molecule is Cc1cccn2c(=O)c(C=C(C#N)C#N)c(N3CCC(C(N)=O)CC3)nc12. The van der Waals surface area contributed by atoms with E-state index >= 15 is 0 Å². The minimum absolute atomic E-state index is 0.172. The molecule has 8 heteroatoms. The van der Waals surface area contributed by atoms with E-state index in [4.69, 9.17) is 16.3 Å². The predicted octanol–water partition coefficient (Wildman–Crippen LogP) is 1.14. The lowest BCUT2D eigenvalue weighted by Gasteiger charge is -2.32. The van der Waals surface area contributed by atoms with Crippen LogP contribution < -0.4 is 16.2 Å². The molecule has 1 aliphatic rings. The third kappa shape index (κ3) is 3.38. The molecule has 136 valence electrons. The number of piperidine rings is 1. The van der Waals surface area contributed by atoms with Gasteiger partial charge in [-0.2, -0.15) is 10.5 Å². The van der Waals surface area contributed by atoms with Crippen LogP contribution >= 0.6 is 0 Å². The molecule has 0 bridgehead atoms. The summed E-state index contributed by atoms with van der Waals surface area (Å²) >= 11 is 0. The highest BCUT2D eigenvalue weighted by molar-refractivity contribution is 5.77. The number of nitrogens with zero attached hydrogens (tertiary/aromatic N) is 5. The quantitative estimate of drug-likeness (QED) is 0.815. The minimum Gasteiger partial charge on any atom is -0.369 e. The van der Waals surface area contributed by atoms with Gasteiger partial charge in [-0.25, -0.2) is 4.98 Å². The van der Waals surface area contributed by atoms with Gasteiger partial charge in [0.25, 0.3) is 5.56 Å². The van der Waals surface area contributed by atoms with Crippen molar-refractivity contribution in [1.29, 1.82) is 10.5 Å². The molecule has 0 aromatic carbocycles. The van der Waals surface area contributed by atoms with Gasteiger partial charge < -0.3 is 10.6 Å². The number of pyridine rings is 1. The maximum Gasteiger partial charge on any atom is 0.267 e. The third-order valence-electron chi connectivity index (χ3n) is 4.79. The van der Waals surface area contributed by atoms with Gasteiger partial charge in [0.1, 0.15) is 29.2 Å². The molecule has 1 saturated heterocycles.